The second kappa shape index (κ2) is 8.47. The number of rotatable bonds is 7. The SMILES string of the molecule is CCCN1CCN(CCC(NC)c2ccc(F)cc2)CC1. The molecular formula is C17H28FN3. The van der Waals surface area contributed by atoms with E-state index in [1.165, 1.54) is 44.7 Å². The lowest BCUT2D eigenvalue weighted by molar-refractivity contribution is 0.129. The summed E-state index contributed by atoms with van der Waals surface area (Å²) in [5.74, 6) is -0.166. The summed E-state index contributed by atoms with van der Waals surface area (Å²) in [5.41, 5.74) is 1.17. The highest BCUT2D eigenvalue weighted by atomic mass is 19.1. The summed E-state index contributed by atoms with van der Waals surface area (Å²) in [6.45, 7) is 9.28. The van der Waals surface area contributed by atoms with Gasteiger partial charge in [0.05, 0.1) is 0 Å². The summed E-state index contributed by atoms with van der Waals surface area (Å²) in [6, 6.07) is 7.16. The molecule has 118 valence electrons. The van der Waals surface area contributed by atoms with Crippen LogP contribution < -0.4 is 5.32 Å². The Morgan fingerprint density at radius 3 is 2.14 bits per heavy atom. The van der Waals surface area contributed by atoms with Crippen LogP contribution in [0, 0.1) is 5.82 Å². The van der Waals surface area contributed by atoms with E-state index in [-0.39, 0.29) is 5.82 Å². The maximum Gasteiger partial charge on any atom is 0.123 e. The normalized spacial score (nSPS) is 18.8. The standard InChI is InChI=1S/C17H28FN3/c1-3-9-20-11-13-21(14-12-20)10-8-17(19-2)15-4-6-16(18)7-5-15/h4-7,17,19H,3,8-14H2,1-2H3. The number of hydrogen-bond acceptors (Lipinski definition) is 3. The lowest BCUT2D eigenvalue weighted by Gasteiger charge is -2.35. The number of nitrogens with zero attached hydrogens (tertiary/aromatic N) is 2. The van der Waals surface area contributed by atoms with E-state index in [1.807, 2.05) is 19.2 Å². The highest BCUT2D eigenvalue weighted by Gasteiger charge is 2.17. The Morgan fingerprint density at radius 1 is 1.05 bits per heavy atom. The van der Waals surface area contributed by atoms with Gasteiger partial charge in [0.15, 0.2) is 0 Å². The van der Waals surface area contributed by atoms with Gasteiger partial charge in [-0.2, -0.15) is 0 Å². The third kappa shape index (κ3) is 5.06. The van der Waals surface area contributed by atoms with Crippen LogP contribution in [-0.4, -0.2) is 56.1 Å². The maximum absolute atomic E-state index is 13.0. The molecule has 1 heterocycles. The molecule has 1 saturated heterocycles. The minimum absolute atomic E-state index is 0.166. The Bertz CT molecular complexity index is 399. The second-order valence-corrected chi connectivity index (χ2v) is 5.86. The molecule has 0 spiro atoms. The minimum Gasteiger partial charge on any atom is -0.313 e. The lowest BCUT2D eigenvalue weighted by Crippen LogP contribution is -2.47. The molecule has 0 amide bonds. The number of halogens is 1. The first-order chi connectivity index (χ1) is 10.2. The van der Waals surface area contributed by atoms with Crippen molar-refractivity contribution in [3.63, 3.8) is 0 Å². The lowest BCUT2D eigenvalue weighted by atomic mass is 10.0. The van der Waals surface area contributed by atoms with E-state index in [2.05, 4.69) is 22.0 Å². The van der Waals surface area contributed by atoms with Gasteiger partial charge in [-0.05, 0) is 44.1 Å². The van der Waals surface area contributed by atoms with Crippen molar-refractivity contribution >= 4 is 0 Å². The maximum atomic E-state index is 13.0. The van der Waals surface area contributed by atoms with Gasteiger partial charge in [0.2, 0.25) is 0 Å². The highest BCUT2D eigenvalue weighted by molar-refractivity contribution is 5.19. The van der Waals surface area contributed by atoms with Crippen molar-refractivity contribution < 1.29 is 4.39 Å². The van der Waals surface area contributed by atoms with Crippen LogP contribution in [0.1, 0.15) is 31.4 Å². The first kappa shape index (κ1) is 16.4. The summed E-state index contributed by atoms with van der Waals surface area (Å²) in [6.07, 6.45) is 2.31. The Hall–Kier alpha value is -0.970. The number of piperazine rings is 1. The first-order valence-corrected chi connectivity index (χ1v) is 8.10. The van der Waals surface area contributed by atoms with Gasteiger partial charge < -0.3 is 15.1 Å². The number of nitrogens with one attached hydrogen (secondary N) is 1. The molecule has 1 atom stereocenters. The summed E-state index contributed by atoms with van der Waals surface area (Å²) in [4.78, 5) is 5.09. The summed E-state index contributed by atoms with van der Waals surface area (Å²) >= 11 is 0. The van der Waals surface area contributed by atoms with Crippen LogP contribution >= 0.6 is 0 Å². The van der Waals surface area contributed by atoms with E-state index in [0.717, 1.165) is 13.0 Å². The molecule has 1 aliphatic rings. The number of benzene rings is 1. The molecule has 3 nitrogen and oxygen atoms in total. The predicted octanol–water partition coefficient (Wildman–Crippen LogP) is 2.50. The molecule has 0 saturated carbocycles. The largest absolute Gasteiger partial charge is 0.313 e. The smallest absolute Gasteiger partial charge is 0.123 e. The summed E-state index contributed by atoms with van der Waals surface area (Å²) in [5, 5.41) is 3.35. The Kier molecular flexibility index (Phi) is 6.61. The fourth-order valence-corrected chi connectivity index (χ4v) is 3.04. The quantitative estimate of drug-likeness (QED) is 0.833. The van der Waals surface area contributed by atoms with Gasteiger partial charge >= 0.3 is 0 Å². The molecule has 1 aromatic rings. The van der Waals surface area contributed by atoms with E-state index in [1.54, 1.807) is 12.1 Å². The van der Waals surface area contributed by atoms with Gasteiger partial charge in [0.1, 0.15) is 5.82 Å². The van der Waals surface area contributed by atoms with Crippen LogP contribution in [0.15, 0.2) is 24.3 Å². The topological polar surface area (TPSA) is 18.5 Å². The average Bonchev–Trinajstić information content (AvgIpc) is 2.51. The molecule has 2 rings (SSSR count). The van der Waals surface area contributed by atoms with Gasteiger partial charge in [0, 0.05) is 38.8 Å². The van der Waals surface area contributed by atoms with Crippen LogP contribution in [0.25, 0.3) is 0 Å². The third-order valence-corrected chi connectivity index (χ3v) is 4.36. The van der Waals surface area contributed by atoms with Gasteiger partial charge in [0.25, 0.3) is 0 Å². The first-order valence-electron chi connectivity index (χ1n) is 8.10. The molecule has 21 heavy (non-hydrogen) atoms. The van der Waals surface area contributed by atoms with Gasteiger partial charge in [-0.15, -0.1) is 0 Å². The van der Waals surface area contributed by atoms with Crippen LogP contribution in [0.5, 0.6) is 0 Å². The van der Waals surface area contributed by atoms with Crippen molar-refractivity contribution in [2.24, 2.45) is 0 Å². The summed E-state index contributed by atoms with van der Waals surface area (Å²) in [7, 11) is 1.98. The van der Waals surface area contributed by atoms with E-state index in [9.17, 15) is 4.39 Å². The zero-order chi connectivity index (χ0) is 15.1. The molecule has 1 N–H and O–H groups in total. The van der Waals surface area contributed by atoms with E-state index in [0.29, 0.717) is 6.04 Å². The van der Waals surface area contributed by atoms with E-state index >= 15 is 0 Å². The van der Waals surface area contributed by atoms with Crippen LogP contribution in [0.2, 0.25) is 0 Å². The molecule has 1 unspecified atom stereocenters. The van der Waals surface area contributed by atoms with Gasteiger partial charge in [-0.3, -0.25) is 0 Å². The average molecular weight is 293 g/mol. The van der Waals surface area contributed by atoms with Crippen molar-refractivity contribution in [2.45, 2.75) is 25.8 Å². The fourth-order valence-electron chi connectivity index (χ4n) is 3.04. The third-order valence-electron chi connectivity index (χ3n) is 4.36. The molecule has 4 heteroatoms. The molecule has 1 aliphatic heterocycles. The Labute approximate surface area is 128 Å². The summed E-state index contributed by atoms with van der Waals surface area (Å²) < 4.78 is 13.0. The second-order valence-electron chi connectivity index (χ2n) is 5.86. The van der Waals surface area contributed by atoms with Gasteiger partial charge in [-0.1, -0.05) is 19.1 Å². The van der Waals surface area contributed by atoms with Crippen molar-refractivity contribution in [1.82, 2.24) is 15.1 Å². The Morgan fingerprint density at radius 2 is 1.62 bits per heavy atom. The van der Waals surface area contributed by atoms with Crippen molar-refractivity contribution in [2.75, 3.05) is 46.3 Å². The molecule has 1 aromatic carbocycles. The van der Waals surface area contributed by atoms with Crippen molar-refractivity contribution in [1.29, 1.82) is 0 Å². The molecule has 0 aliphatic carbocycles. The van der Waals surface area contributed by atoms with Crippen molar-refractivity contribution in [3.8, 4) is 0 Å². The van der Waals surface area contributed by atoms with Crippen LogP contribution in [0.4, 0.5) is 4.39 Å². The fraction of sp³-hybridized carbons (Fsp3) is 0.647. The molecule has 0 aromatic heterocycles. The molecule has 1 fully saturated rings. The highest BCUT2D eigenvalue weighted by Crippen LogP contribution is 2.17. The van der Waals surface area contributed by atoms with Crippen LogP contribution in [0.3, 0.4) is 0 Å². The predicted molar refractivity (Wildman–Crippen MR) is 86.0 cm³/mol. The van der Waals surface area contributed by atoms with Gasteiger partial charge in [-0.25, -0.2) is 4.39 Å². The van der Waals surface area contributed by atoms with E-state index in [4.69, 9.17) is 0 Å². The van der Waals surface area contributed by atoms with E-state index < -0.39 is 0 Å². The molecular weight excluding hydrogens is 265 g/mol. The zero-order valence-electron chi connectivity index (χ0n) is 13.3. The zero-order valence-corrected chi connectivity index (χ0v) is 13.3. The van der Waals surface area contributed by atoms with Crippen molar-refractivity contribution in [3.05, 3.63) is 35.6 Å². The minimum atomic E-state index is -0.166. The van der Waals surface area contributed by atoms with Crippen LogP contribution in [-0.2, 0) is 0 Å². The molecule has 0 radical (unpaired) electrons. The molecule has 0 bridgehead atoms. The monoisotopic (exact) mass is 293 g/mol. The number of hydrogen-bond donors (Lipinski definition) is 1. The Balaban J connectivity index is 1.77.